The summed E-state index contributed by atoms with van der Waals surface area (Å²) in [6, 6.07) is 0.970. The second-order valence-corrected chi connectivity index (χ2v) is 5.93. The molecule has 0 heterocycles. The molecule has 2 aliphatic carbocycles. The van der Waals surface area contributed by atoms with Crippen LogP contribution in [-0.2, 0) is 17.6 Å². The van der Waals surface area contributed by atoms with E-state index in [0.29, 0.717) is 19.1 Å². The highest BCUT2D eigenvalue weighted by Gasteiger charge is 2.45. The van der Waals surface area contributed by atoms with Crippen LogP contribution in [-0.4, -0.2) is 29.6 Å². The van der Waals surface area contributed by atoms with Gasteiger partial charge in [0.15, 0.2) is 11.6 Å². The Bertz CT molecular complexity index is 643. The Morgan fingerprint density at radius 3 is 2.68 bits per heavy atom. The van der Waals surface area contributed by atoms with Crippen LogP contribution in [0.2, 0.25) is 0 Å². The summed E-state index contributed by atoms with van der Waals surface area (Å²) >= 11 is 0. The van der Waals surface area contributed by atoms with E-state index < -0.39 is 29.2 Å². The lowest BCUT2D eigenvalue weighted by molar-refractivity contribution is -0.110. The number of hydrogen-bond acceptors (Lipinski definition) is 3. The van der Waals surface area contributed by atoms with E-state index in [2.05, 4.69) is 5.32 Å². The summed E-state index contributed by atoms with van der Waals surface area (Å²) in [7, 11) is 0. The highest BCUT2D eigenvalue weighted by molar-refractivity contribution is 5.66. The molecule has 2 N–H and O–H groups in total. The third-order valence-corrected chi connectivity index (χ3v) is 4.25. The van der Waals surface area contributed by atoms with Gasteiger partial charge in [-0.3, -0.25) is 0 Å². The molecule has 0 spiro atoms. The predicted molar refractivity (Wildman–Crippen MR) is 71.9 cm³/mol. The van der Waals surface area contributed by atoms with Crippen molar-refractivity contribution in [3.05, 3.63) is 28.8 Å². The first-order chi connectivity index (χ1) is 10.4. The first-order valence-corrected chi connectivity index (χ1v) is 7.03. The summed E-state index contributed by atoms with van der Waals surface area (Å²) < 4.78 is 33.7. The van der Waals surface area contributed by atoms with Crippen molar-refractivity contribution < 1.29 is 28.2 Å². The van der Waals surface area contributed by atoms with Gasteiger partial charge in [-0.25, -0.2) is 13.6 Å². The molecule has 0 bridgehead atoms. The fourth-order valence-corrected chi connectivity index (χ4v) is 2.82. The lowest BCUT2D eigenvalue weighted by atomic mass is 10.1. The topological polar surface area (TPSA) is 75.6 Å². The lowest BCUT2D eigenvalue weighted by Crippen LogP contribution is -2.40. The molecule has 1 atom stereocenters. The van der Waals surface area contributed by atoms with Gasteiger partial charge in [-0.15, -0.1) is 0 Å². The molecule has 1 fully saturated rings. The van der Waals surface area contributed by atoms with E-state index in [0.717, 1.165) is 6.07 Å². The lowest BCUT2D eigenvalue weighted by Gasteiger charge is -2.17. The minimum absolute atomic E-state index is 0.0500. The number of ether oxygens (including phenoxy) is 1. The van der Waals surface area contributed by atoms with E-state index in [4.69, 9.17) is 9.84 Å². The number of amides is 1. The first-order valence-electron chi connectivity index (χ1n) is 7.03. The molecule has 1 saturated carbocycles. The molecule has 1 aromatic carbocycles. The number of fused-ring (bicyclic) bond motifs is 1. The standard InChI is InChI=1S/C15H15F2NO4/c16-11-5-12(22-7-15(1-2-15)18-14(20)21)13(17)10-4-8(6-19)3-9(10)11/h5-6,8,18H,1-4,7H2,(H,20,21). The van der Waals surface area contributed by atoms with Crippen LogP contribution >= 0.6 is 0 Å². The highest BCUT2D eigenvalue weighted by Crippen LogP contribution is 2.38. The molecule has 1 amide bonds. The van der Waals surface area contributed by atoms with Crippen molar-refractivity contribution in [2.45, 2.75) is 31.2 Å². The molecule has 1 unspecified atom stereocenters. The summed E-state index contributed by atoms with van der Waals surface area (Å²) in [5.41, 5.74) is -0.297. The number of rotatable bonds is 5. The van der Waals surface area contributed by atoms with Gasteiger partial charge in [0.25, 0.3) is 0 Å². The van der Waals surface area contributed by atoms with E-state index >= 15 is 0 Å². The SMILES string of the molecule is O=CC1Cc2c(F)cc(OCC3(NC(=O)O)CC3)c(F)c2C1. The van der Waals surface area contributed by atoms with Gasteiger partial charge in [0.1, 0.15) is 18.7 Å². The number of aldehydes is 1. The van der Waals surface area contributed by atoms with Crippen LogP contribution < -0.4 is 10.1 Å². The zero-order chi connectivity index (χ0) is 15.9. The molecule has 5 nitrogen and oxygen atoms in total. The third kappa shape index (κ3) is 2.63. The van der Waals surface area contributed by atoms with Crippen molar-refractivity contribution in [3.63, 3.8) is 0 Å². The number of carbonyl (C=O) groups is 2. The molecule has 1 aromatic rings. The number of carbonyl (C=O) groups excluding carboxylic acids is 1. The van der Waals surface area contributed by atoms with Gasteiger partial charge < -0.3 is 20.0 Å². The van der Waals surface area contributed by atoms with Gasteiger partial charge in [0.05, 0.1) is 5.54 Å². The minimum atomic E-state index is -1.17. The maximum absolute atomic E-state index is 14.4. The summed E-state index contributed by atoms with van der Waals surface area (Å²) in [5, 5.41) is 11.1. The van der Waals surface area contributed by atoms with Crippen LogP contribution in [0.25, 0.3) is 0 Å². The van der Waals surface area contributed by atoms with Crippen LogP contribution in [0.3, 0.4) is 0 Å². The van der Waals surface area contributed by atoms with Crippen molar-refractivity contribution >= 4 is 12.4 Å². The average molecular weight is 311 g/mol. The Labute approximate surface area is 125 Å². The summed E-state index contributed by atoms with van der Waals surface area (Å²) in [5.74, 6) is -1.89. The maximum atomic E-state index is 14.4. The molecular weight excluding hydrogens is 296 g/mol. The zero-order valence-corrected chi connectivity index (χ0v) is 11.7. The van der Waals surface area contributed by atoms with E-state index in [1.54, 1.807) is 0 Å². The second-order valence-electron chi connectivity index (χ2n) is 5.93. The largest absolute Gasteiger partial charge is 0.488 e. The van der Waals surface area contributed by atoms with Crippen LogP contribution in [0.1, 0.15) is 24.0 Å². The maximum Gasteiger partial charge on any atom is 0.405 e. The zero-order valence-electron chi connectivity index (χ0n) is 11.7. The molecule has 2 aliphatic rings. The van der Waals surface area contributed by atoms with Crippen molar-refractivity contribution in [1.82, 2.24) is 5.32 Å². The van der Waals surface area contributed by atoms with Gasteiger partial charge in [-0.1, -0.05) is 0 Å². The molecule has 0 radical (unpaired) electrons. The normalized spacial score (nSPS) is 21.1. The van der Waals surface area contributed by atoms with E-state index in [9.17, 15) is 18.4 Å². The van der Waals surface area contributed by atoms with Gasteiger partial charge >= 0.3 is 6.09 Å². The fraction of sp³-hybridized carbons (Fsp3) is 0.467. The van der Waals surface area contributed by atoms with Gasteiger partial charge in [0, 0.05) is 12.0 Å². The number of hydrogen-bond donors (Lipinski definition) is 2. The van der Waals surface area contributed by atoms with Crippen LogP contribution in [0.4, 0.5) is 13.6 Å². The Morgan fingerprint density at radius 1 is 1.41 bits per heavy atom. The Balaban J connectivity index is 1.77. The van der Waals surface area contributed by atoms with E-state index in [1.807, 2.05) is 0 Å². The van der Waals surface area contributed by atoms with Crippen molar-refractivity contribution in [3.8, 4) is 5.75 Å². The van der Waals surface area contributed by atoms with E-state index in [1.165, 1.54) is 0 Å². The van der Waals surface area contributed by atoms with Crippen LogP contribution in [0.5, 0.6) is 5.75 Å². The number of nitrogens with one attached hydrogen (secondary N) is 1. The number of benzene rings is 1. The highest BCUT2D eigenvalue weighted by atomic mass is 19.1. The van der Waals surface area contributed by atoms with Gasteiger partial charge in [0.2, 0.25) is 0 Å². The van der Waals surface area contributed by atoms with Crippen LogP contribution in [0, 0.1) is 17.6 Å². The quantitative estimate of drug-likeness (QED) is 0.816. The summed E-state index contributed by atoms with van der Waals surface area (Å²) in [6.07, 6.45) is 1.10. The molecule has 22 heavy (non-hydrogen) atoms. The van der Waals surface area contributed by atoms with Gasteiger partial charge in [-0.05, 0) is 36.8 Å². The molecule has 7 heteroatoms. The smallest absolute Gasteiger partial charge is 0.405 e. The fourth-order valence-electron chi connectivity index (χ4n) is 2.82. The number of carboxylic acid groups (broad SMARTS) is 1. The third-order valence-electron chi connectivity index (χ3n) is 4.25. The summed E-state index contributed by atoms with van der Waals surface area (Å²) in [4.78, 5) is 21.5. The minimum Gasteiger partial charge on any atom is -0.488 e. The van der Waals surface area contributed by atoms with Crippen molar-refractivity contribution in [2.24, 2.45) is 5.92 Å². The molecule has 3 rings (SSSR count). The van der Waals surface area contributed by atoms with Gasteiger partial charge in [-0.2, -0.15) is 0 Å². The Morgan fingerprint density at radius 2 is 2.09 bits per heavy atom. The molecule has 0 saturated heterocycles. The molecule has 118 valence electrons. The van der Waals surface area contributed by atoms with Crippen LogP contribution in [0.15, 0.2) is 6.07 Å². The predicted octanol–water partition coefficient (Wildman–Crippen LogP) is 2.06. The molecule has 0 aliphatic heterocycles. The monoisotopic (exact) mass is 311 g/mol. The van der Waals surface area contributed by atoms with E-state index in [-0.39, 0.29) is 36.3 Å². The Kier molecular flexibility index (Phi) is 3.50. The number of halogens is 2. The summed E-state index contributed by atoms with van der Waals surface area (Å²) in [6.45, 7) is -0.0500. The van der Waals surface area contributed by atoms with Crippen molar-refractivity contribution in [1.29, 1.82) is 0 Å². The molecular formula is C15H15F2NO4. The second kappa shape index (κ2) is 5.23. The Hall–Kier alpha value is -2.18. The molecule has 0 aromatic heterocycles. The van der Waals surface area contributed by atoms with Crippen molar-refractivity contribution in [2.75, 3.05) is 6.61 Å². The average Bonchev–Trinajstić information content (AvgIpc) is 3.07. The first kappa shape index (κ1) is 14.7.